The van der Waals surface area contributed by atoms with Gasteiger partial charge in [0.2, 0.25) is 11.2 Å². The van der Waals surface area contributed by atoms with Crippen molar-refractivity contribution < 1.29 is 23.4 Å². The number of hydrogen-bond donors (Lipinski definition) is 1. The van der Waals surface area contributed by atoms with Crippen molar-refractivity contribution in [1.29, 1.82) is 0 Å². The van der Waals surface area contributed by atoms with Crippen LogP contribution in [0.4, 0.5) is 8.78 Å². The summed E-state index contributed by atoms with van der Waals surface area (Å²) in [5.41, 5.74) is -0.886. The molecule has 25 heavy (non-hydrogen) atoms. The van der Waals surface area contributed by atoms with Gasteiger partial charge in [-0.15, -0.1) is 0 Å². The predicted octanol–water partition coefficient (Wildman–Crippen LogP) is 3.33. The second kappa shape index (κ2) is 5.27. The number of pyridine rings is 1. The smallest absolute Gasteiger partial charge is 0.341 e. The van der Waals surface area contributed by atoms with E-state index in [-0.39, 0.29) is 16.7 Å². The van der Waals surface area contributed by atoms with Crippen molar-refractivity contribution in [1.82, 2.24) is 4.57 Å². The first-order valence-corrected chi connectivity index (χ1v) is 7.22. The lowest BCUT2D eigenvalue weighted by Crippen LogP contribution is -2.20. The molecule has 0 bridgehead atoms. The third kappa shape index (κ3) is 2.20. The minimum absolute atomic E-state index is 0.0198. The van der Waals surface area contributed by atoms with Crippen molar-refractivity contribution in [3.05, 3.63) is 75.6 Å². The lowest BCUT2D eigenvalue weighted by molar-refractivity contribution is 0.0695. The molecule has 0 atom stereocenters. The summed E-state index contributed by atoms with van der Waals surface area (Å²) in [4.78, 5) is 23.6. The quantitative estimate of drug-likeness (QED) is 0.776. The third-order valence-electron chi connectivity index (χ3n) is 3.92. The average molecular weight is 341 g/mol. The van der Waals surface area contributed by atoms with Gasteiger partial charge in [-0.1, -0.05) is 30.3 Å². The van der Waals surface area contributed by atoms with Crippen LogP contribution in [0, 0.1) is 11.6 Å². The summed E-state index contributed by atoms with van der Waals surface area (Å²) in [5.74, 6) is -4.25. The Hall–Kier alpha value is -3.48. The molecule has 1 aliphatic rings. The van der Waals surface area contributed by atoms with E-state index < -0.39 is 34.3 Å². The van der Waals surface area contributed by atoms with Gasteiger partial charge in [0.15, 0.2) is 17.3 Å². The van der Waals surface area contributed by atoms with Crippen LogP contribution < -0.4 is 10.2 Å². The third-order valence-corrected chi connectivity index (χ3v) is 3.92. The fourth-order valence-corrected chi connectivity index (χ4v) is 2.78. The first-order valence-electron chi connectivity index (χ1n) is 7.22. The Kier molecular flexibility index (Phi) is 3.18. The van der Waals surface area contributed by atoms with Crippen molar-refractivity contribution in [3.8, 4) is 5.75 Å². The Morgan fingerprint density at radius 2 is 1.88 bits per heavy atom. The Balaban J connectivity index is 2.11. The van der Waals surface area contributed by atoms with E-state index in [0.717, 1.165) is 6.20 Å². The molecule has 0 aliphatic carbocycles. The van der Waals surface area contributed by atoms with Crippen LogP contribution in [0.5, 0.6) is 5.75 Å². The maximum Gasteiger partial charge on any atom is 0.341 e. The van der Waals surface area contributed by atoms with Crippen molar-refractivity contribution in [3.63, 3.8) is 0 Å². The van der Waals surface area contributed by atoms with Crippen LogP contribution in [-0.4, -0.2) is 15.6 Å². The van der Waals surface area contributed by atoms with Crippen LogP contribution in [-0.2, 0) is 0 Å². The minimum atomic E-state index is -1.46. The molecule has 0 unspecified atom stereocenters. The number of aromatic carboxylic acids is 1. The number of carbonyl (C=O) groups is 1. The largest absolute Gasteiger partial charge is 0.477 e. The zero-order valence-corrected chi connectivity index (χ0v) is 12.5. The fraction of sp³-hybridized carbons (Fsp3) is 0. The number of hydrogen-bond acceptors (Lipinski definition) is 3. The second-order valence-electron chi connectivity index (χ2n) is 5.44. The molecule has 1 N–H and O–H groups in total. The van der Waals surface area contributed by atoms with E-state index in [1.165, 1.54) is 10.8 Å². The molecule has 7 heteroatoms. The summed E-state index contributed by atoms with van der Waals surface area (Å²) < 4.78 is 35.0. The number of aromatic nitrogens is 1. The van der Waals surface area contributed by atoms with Crippen molar-refractivity contribution in [2.24, 2.45) is 0 Å². The number of benzene rings is 2. The maximum atomic E-state index is 14.3. The summed E-state index contributed by atoms with van der Waals surface area (Å²) in [7, 11) is 0. The molecule has 0 saturated heterocycles. The molecule has 0 fully saturated rings. The zero-order valence-electron chi connectivity index (χ0n) is 12.5. The minimum Gasteiger partial charge on any atom is -0.477 e. The topological polar surface area (TPSA) is 68.5 Å². The molecule has 2 aromatic carbocycles. The van der Waals surface area contributed by atoms with Crippen molar-refractivity contribution >= 4 is 28.8 Å². The lowest BCUT2D eigenvalue weighted by Gasteiger charge is -2.21. The Labute approximate surface area is 139 Å². The van der Waals surface area contributed by atoms with E-state index in [2.05, 4.69) is 0 Å². The summed E-state index contributed by atoms with van der Waals surface area (Å²) in [5, 5.41) is 8.94. The summed E-state index contributed by atoms with van der Waals surface area (Å²) in [6, 6.07) is 9.34. The normalized spacial score (nSPS) is 12.6. The van der Waals surface area contributed by atoms with E-state index in [1.54, 1.807) is 30.3 Å². The fourth-order valence-electron chi connectivity index (χ4n) is 2.78. The number of nitrogens with zero attached hydrogens (tertiary/aromatic N) is 1. The molecule has 0 radical (unpaired) electrons. The van der Waals surface area contributed by atoms with Crippen LogP contribution in [0.2, 0.25) is 0 Å². The van der Waals surface area contributed by atoms with Crippen molar-refractivity contribution in [2.75, 3.05) is 0 Å². The monoisotopic (exact) mass is 341 g/mol. The molecule has 5 nitrogen and oxygen atoms in total. The van der Waals surface area contributed by atoms with Crippen LogP contribution in [0.15, 0.2) is 47.4 Å². The highest BCUT2D eigenvalue weighted by Gasteiger charge is 2.26. The predicted molar refractivity (Wildman–Crippen MR) is 86.3 cm³/mol. The van der Waals surface area contributed by atoms with Gasteiger partial charge in [-0.3, -0.25) is 4.79 Å². The molecule has 124 valence electrons. The maximum absolute atomic E-state index is 14.3. The number of halogens is 2. The Morgan fingerprint density at radius 3 is 2.56 bits per heavy atom. The highest BCUT2D eigenvalue weighted by molar-refractivity contribution is 5.97. The van der Waals surface area contributed by atoms with Gasteiger partial charge in [0, 0.05) is 11.8 Å². The van der Waals surface area contributed by atoms with Gasteiger partial charge < -0.3 is 14.4 Å². The molecule has 1 aromatic heterocycles. The standard InChI is InChI=1S/C18H9F2NO4/c19-12-6-10-15-17(14(12)20)25-13(9-4-2-1-3-5-9)8-21(15)7-11(16(10)22)18(23)24/h1-8H,(H,23,24). The number of rotatable bonds is 2. The van der Waals surface area contributed by atoms with E-state index in [4.69, 9.17) is 4.74 Å². The highest BCUT2D eigenvalue weighted by atomic mass is 19.2. The van der Waals surface area contributed by atoms with Gasteiger partial charge in [-0.25, -0.2) is 9.18 Å². The van der Waals surface area contributed by atoms with Gasteiger partial charge in [0.1, 0.15) is 11.1 Å². The zero-order chi connectivity index (χ0) is 17.7. The van der Waals surface area contributed by atoms with Gasteiger partial charge >= 0.3 is 5.97 Å². The Bertz CT molecular complexity index is 1130. The summed E-state index contributed by atoms with van der Waals surface area (Å²) in [6.07, 6.45) is 2.49. The molecular weight excluding hydrogens is 332 g/mol. The molecule has 0 spiro atoms. The first-order chi connectivity index (χ1) is 12.0. The van der Waals surface area contributed by atoms with E-state index >= 15 is 0 Å². The molecule has 0 saturated carbocycles. The van der Waals surface area contributed by atoms with Crippen LogP contribution >= 0.6 is 0 Å². The van der Waals surface area contributed by atoms with Crippen LogP contribution in [0.3, 0.4) is 0 Å². The highest BCUT2D eigenvalue weighted by Crippen LogP contribution is 2.36. The SMILES string of the molecule is O=C(O)c1cn2c3c(c(F)c(F)cc3c1=O)OC(c1ccccc1)=C2. The van der Waals surface area contributed by atoms with E-state index in [9.17, 15) is 23.5 Å². The lowest BCUT2D eigenvalue weighted by atomic mass is 10.1. The van der Waals surface area contributed by atoms with Crippen LogP contribution in [0.1, 0.15) is 15.9 Å². The van der Waals surface area contributed by atoms with E-state index in [0.29, 0.717) is 11.6 Å². The number of ether oxygens (including phenoxy) is 1. The molecule has 1 aliphatic heterocycles. The van der Waals surface area contributed by atoms with Crippen molar-refractivity contribution in [2.45, 2.75) is 0 Å². The van der Waals surface area contributed by atoms with Gasteiger partial charge in [0.25, 0.3) is 0 Å². The van der Waals surface area contributed by atoms with Gasteiger partial charge in [-0.2, -0.15) is 4.39 Å². The van der Waals surface area contributed by atoms with E-state index in [1.807, 2.05) is 0 Å². The average Bonchev–Trinajstić information content (AvgIpc) is 2.61. The molecule has 2 heterocycles. The first kappa shape index (κ1) is 15.1. The number of carboxylic acid groups (broad SMARTS) is 1. The molecule has 4 rings (SSSR count). The van der Waals surface area contributed by atoms with Gasteiger partial charge in [0.05, 0.1) is 11.6 Å². The van der Waals surface area contributed by atoms with Crippen LogP contribution in [0.25, 0.3) is 22.9 Å². The molecular formula is C18H9F2NO4. The second-order valence-corrected chi connectivity index (χ2v) is 5.44. The molecule has 0 amide bonds. The Morgan fingerprint density at radius 1 is 1.16 bits per heavy atom. The number of carboxylic acids is 1. The molecule has 3 aromatic rings. The summed E-state index contributed by atoms with van der Waals surface area (Å²) in [6.45, 7) is 0. The summed E-state index contributed by atoms with van der Waals surface area (Å²) >= 11 is 0. The van der Waals surface area contributed by atoms with Gasteiger partial charge in [-0.05, 0) is 6.07 Å².